The first-order valence-corrected chi connectivity index (χ1v) is 10.3. The highest BCUT2D eigenvalue weighted by Gasteiger charge is 2.28. The summed E-state index contributed by atoms with van der Waals surface area (Å²) in [5.74, 6) is 0. The molecule has 8 heteroatoms. The molecule has 1 aromatic rings. The molecule has 0 spiro atoms. The van der Waals surface area contributed by atoms with E-state index < -0.39 is 10.0 Å². The molecule has 0 radical (unpaired) electrons. The molecular weight excluding hydrogens is 342 g/mol. The highest BCUT2D eigenvalue weighted by atomic mass is 32.2. The lowest BCUT2D eigenvalue weighted by atomic mass is 10.1. The molecule has 0 aliphatic carbocycles. The predicted molar refractivity (Wildman–Crippen MR) is 98.3 cm³/mol. The minimum atomic E-state index is -3.33. The Morgan fingerprint density at radius 3 is 2.52 bits per heavy atom. The monoisotopic (exact) mass is 369 g/mol. The minimum absolute atomic E-state index is 0.0617. The van der Waals surface area contributed by atoms with E-state index in [-0.39, 0.29) is 25.2 Å². The van der Waals surface area contributed by atoms with Gasteiger partial charge in [0, 0.05) is 38.0 Å². The lowest BCUT2D eigenvalue weighted by molar-refractivity contribution is 0.0589. The van der Waals surface area contributed by atoms with Crippen molar-refractivity contribution >= 4 is 21.7 Å². The zero-order valence-electron chi connectivity index (χ0n) is 15.0. The van der Waals surface area contributed by atoms with Crippen LogP contribution >= 0.6 is 0 Å². The third kappa shape index (κ3) is 5.98. The fraction of sp³-hybridized carbons (Fsp3) is 0.588. The summed E-state index contributed by atoms with van der Waals surface area (Å²) in [6.07, 6.45) is 2.57. The van der Waals surface area contributed by atoms with Gasteiger partial charge in [0.15, 0.2) is 0 Å². The Morgan fingerprint density at radius 1 is 1.24 bits per heavy atom. The summed E-state index contributed by atoms with van der Waals surface area (Å²) in [7, 11) is -3.33. The normalized spacial score (nSPS) is 16.0. The fourth-order valence-corrected chi connectivity index (χ4v) is 4.04. The number of aryl methyl sites for hydroxylation is 2. The Hall–Kier alpha value is -1.64. The molecule has 1 aliphatic rings. The van der Waals surface area contributed by atoms with Crippen molar-refractivity contribution in [1.29, 1.82) is 0 Å². The summed E-state index contributed by atoms with van der Waals surface area (Å²) in [5.41, 5.74) is 2.97. The SMILES string of the molecule is Cc1ccc(NC(=O)NCCN(C2CCOCC2)S(C)(=O)=O)cc1C. The zero-order valence-corrected chi connectivity index (χ0v) is 15.9. The van der Waals surface area contributed by atoms with E-state index in [0.29, 0.717) is 31.7 Å². The number of nitrogens with one attached hydrogen (secondary N) is 2. The van der Waals surface area contributed by atoms with Crippen LogP contribution < -0.4 is 10.6 Å². The third-order valence-corrected chi connectivity index (χ3v) is 5.74. The molecule has 0 unspecified atom stereocenters. The highest BCUT2D eigenvalue weighted by Crippen LogP contribution is 2.17. The van der Waals surface area contributed by atoms with Crippen LogP contribution in [0, 0.1) is 13.8 Å². The number of hydrogen-bond acceptors (Lipinski definition) is 4. The lowest BCUT2D eigenvalue weighted by Crippen LogP contribution is -2.46. The molecule has 1 aromatic carbocycles. The summed E-state index contributed by atoms with van der Waals surface area (Å²) in [4.78, 5) is 12.0. The molecule has 2 rings (SSSR count). The molecule has 0 saturated carbocycles. The van der Waals surface area contributed by atoms with E-state index in [0.717, 1.165) is 11.1 Å². The van der Waals surface area contributed by atoms with Gasteiger partial charge >= 0.3 is 6.03 Å². The maximum atomic E-state index is 12.0. The van der Waals surface area contributed by atoms with Gasteiger partial charge in [-0.15, -0.1) is 0 Å². The largest absolute Gasteiger partial charge is 0.381 e. The molecule has 25 heavy (non-hydrogen) atoms. The first kappa shape index (κ1) is 19.7. The molecule has 1 heterocycles. The van der Waals surface area contributed by atoms with Crippen LogP contribution in [0.4, 0.5) is 10.5 Å². The number of carbonyl (C=O) groups is 1. The molecule has 2 amide bonds. The molecule has 0 atom stereocenters. The van der Waals surface area contributed by atoms with Crippen LogP contribution in [0.1, 0.15) is 24.0 Å². The van der Waals surface area contributed by atoms with Gasteiger partial charge in [0.1, 0.15) is 0 Å². The van der Waals surface area contributed by atoms with Crippen molar-refractivity contribution in [2.24, 2.45) is 0 Å². The molecule has 2 N–H and O–H groups in total. The molecule has 0 bridgehead atoms. The van der Waals surface area contributed by atoms with Gasteiger partial charge < -0.3 is 15.4 Å². The number of sulfonamides is 1. The second-order valence-corrected chi connectivity index (χ2v) is 8.33. The highest BCUT2D eigenvalue weighted by molar-refractivity contribution is 7.88. The van der Waals surface area contributed by atoms with Gasteiger partial charge in [-0.25, -0.2) is 13.2 Å². The van der Waals surface area contributed by atoms with Crippen LogP contribution in [0.25, 0.3) is 0 Å². The molecule has 7 nitrogen and oxygen atoms in total. The minimum Gasteiger partial charge on any atom is -0.381 e. The van der Waals surface area contributed by atoms with Gasteiger partial charge in [0.25, 0.3) is 0 Å². The van der Waals surface area contributed by atoms with Crippen molar-refractivity contribution in [1.82, 2.24) is 9.62 Å². The van der Waals surface area contributed by atoms with E-state index in [1.54, 1.807) is 0 Å². The van der Waals surface area contributed by atoms with E-state index in [9.17, 15) is 13.2 Å². The van der Waals surface area contributed by atoms with Gasteiger partial charge in [0.05, 0.1) is 6.26 Å². The Balaban J connectivity index is 1.86. The van der Waals surface area contributed by atoms with E-state index in [1.807, 2.05) is 32.0 Å². The van der Waals surface area contributed by atoms with Crippen molar-refractivity contribution in [3.63, 3.8) is 0 Å². The van der Waals surface area contributed by atoms with Crippen LogP contribution in [0.2, 0.25) is 0 Å². The summed E-state index contributed by atoms with van der Waals surface area (Å²) in [6.45, 7) is 5.63. The topological polar surface area (TPSA) is 87.7 Å². The number of amides is 2. The van der Waals surface area contributed by atoms with E-state index >= 15 is 0 Å². The van der Waals surface area contributed by atoms with E-state index in [4.69, 9.17) is 4.74 Å². The van der Waals surface area contributed by atoms with E-state index in [2.05, 4.69) is 10.6 Å². The second kappa shape index (κ2) is 8.64. The van der Waals surface area contributed by atoms with Crippen molar-refractivity contribution in [2.45, 2.75) is 32.7 Å². The number of hydrogen-bond donors (Lipinski definition) is 2. The van der Waals surface area contributed by atoms with Crippen molar-refractivity contribution < 1.29 is 17.9 Å². The maximum absolute atomic E-state index is 12.0. The van der Waals surface area contributed by atoms with Gasteiger partial charge in [0.2, 0.25) is 10.0 Å². The Kier molecular flexibility index (Phi) is 6.80. The van der Waals surface area contributed by atoms with Crippen LogP contribution in [0.3, 0.4) is 0 Å². The number of ether oxygens (including phenoxy) is 1. The Bertz CT molecular complexity index is 700. The Labute approximate surface area is 149 Å². The number of carbonyl (C=O) groups excluding carboxylic acids is 1. The molecular formula is C17H27N3O4S. The zero-order chi connectivity index (χ0) is 18.4. The van der Waals surface area contributed by atoms with Gasteiger partial charge in [-0.05, 0) is 49.9 Å². The number of benzene rings is 1. The summed E-state index contributed by atoms with van der Waals surface area (Å²) >= 11 is 0. The van der Waals surface area contributed by atoms with Gasteiger partial charge in [-0.2, -0.15) is 4.31 Å². The van der Waals surface area contributed by atoms with Crippen molar-refractivity contribution in [3.8, 4) is 0 Å². The number of nitrogens with zero attached hydrogens (tertiary/aromatic N) is 1. The quantitative estimate of drug-likeness (QED) is 0.801. The van der Waals surface area contributed by atoms with Gasteiger partial charge in [-0.3, -0.25) is 0 Å². The molecule has 1 saturated heterocycles. The summed E-state index contributed by atoms with van der Waals surface area (Å²) < 4.78 is 30.8. The third-order valence-electron chi connectivity index (χ3n) is 4.41. The first-order chi connectivity index (χ1) is 11.8. The fourth-order valence-electron chi connectivity index (χ4n) is 2.87. The van der Waals surface area contributed by atoms with Crippen LogP contribution in [0.15, 0.2) is 18.2 Å². The number of anilines is 1. The van der Waals surface area contributed by atoms with Crippen molar-refractivity contribution in [3.05, 3.63) is 29.3 Å². The van der Waals surface area contributed by atoms with Crippen LogP contribution in [-0.2, 0) is 14.8 Å². The smallest absolute Gasteiger partial charge is 0.319 e. The number of urea groups is 1. The molecule has 1 fully saturated rings. The standard InChI is InChI=1S/C17H27N3O4S/c1-13-4-5-15(12-14(13)2)19-17(21)18-8-9-20(25(3,22)23)16-6-10-24-11-7-16/h4-5,12,16H,6-11H2,1-3H3,(H2,18,19,21). The van der Waals surface area contributed by atoms with Crippen molar-refractivity contribution in [2.75, 3.05) is 37.9 Å². The average Bonchev–Trinajstić information content (AvgIpc) is 2.55. The lowest BCUT2D eigenvalue weighted by Gasteiger charge is -2.32. The predicted octanol–water partition coefficient (Wildman–Crippen LogP) is 1.87. The molecule has 1 aliphatic heterocycles. The Morgan fingerprint density at radius 2 is 1.92 bits per heavy atom. The number of rotatable bonds is 6. The molecule has 0 aromatic heterocycles. The van der Waals surface area contributed by atoms with E-state index in [1.165, 1.54) is 10.6 Å². The molecule has 140 valence electrons. The van der Waals surface area contributed by atoms with Gasteiger partial charge in [-0.1, -0.05) is 6.07 Å². The summed E-state index contributed by atoms with van der Waals surface area (Å²) in [6, 6.07) is 5.28. The maximum Gasteiger partial charge on any atom is 0.319 e. The second-order valence-electron chi connectivity index (χ2n) is 6.40. The summed E-state index contributed by atoms with van der Waals surface area (Å²) in [5, 5.41) is 5.48. The first-order valence-electron chi connectivity index (χ1n) is 8.44. The average molecular weight is 369 g/mol. The van der Waals surface area contributed by atoms with Crippen LogP contribution in [-0.4, -0.2) is 57.4 Å². The van der Waals surface area contributed by atoms with Crippen LogP contribution in [0.5, 0.6) is 0 Å².